The van der Waals surface area contributed by atoms with Crippen LogP contribution >= 0.6 is 23.8 Å². The summed E-state index contributed by atoms with van der Waals surface area (Å²) >= 11 is 10.9. The van der Waals surface area contributed by atoms with E-state index in [4.69, 9.17) is 29.6 Å². The Bertz CT molecular complexity index is 694. The second-order valence-electron chi connectivity index (χ2n) is 4.63. The predicted molar refractivity (Wildman–Crippen MR) is 87.7 cm³/mol. The highest BCUT2D eigenvalue weighted by atomic mass is 35.5. The molecule has 0 aliphatic heterocycles. The van der Waals surface area contributed by atoms with Gasteiger partial charge in [0, 0.05) is 11.3 Å². The quantitative estimate of drug-likeness (QED) is 0.848. The van der Waals surface area contributed by atoms with E-state index in [1.54, 1.807) is 35.9 Å². The van der Waals surface area contributed by atoms with Crippen molar-refractivity contribution in [1.82, 2.24) is 9.78 Å². The van der Waals surface area contributed by atoms with E-state index in [2.05, 4.69) is 10.4 Å². The molecule has 1 amide bonds. The van der Waals surface area contributed by atoms with Crippen LogP contribution in [0.3, 0.4) is 0 Å². The molecule has 0 aliphatic rings. The first-order valence-electron chi connectivity index (χ1n) is 6.27. The fourth-order valence-corrected chi connectivity index (χ4v) is 2.15. The predicted octanol–water partition coefficient (Wildman–Crippen LogP) is 2.43. The van der Waals surface area contributed by atoms with Crippen LogP contribution in [0.1, 0.15) is 17.0 Å². The first-order chi connectivity index (χ1) is 9.88. The van der Waals surface area contributed by atoms with Crippen molar-refractivity contribution in [3.8, 4) is 0 Å². The maximum Gasteiger partial charge on any atom is 0.246 e. The molecule has 1 aromatic carbocycles. The number of carbonyl (C=O) groups excluding carboxylic acids is 1. The minimum absolute atomic E-state index is 0.108. The maximum atomic E-state index is 12.0. The molecule has 5 nitrogen and oxygen atoms in total. The van der Waals surface area contributed by atoms with Crippen LogP contribution in [-0.2, 0) is 11.3 Å². The normalized spacial score (nSPS) is 10.4. The van der Waals surface area contributed by atoms with Gasteiger partial charge in [0.25, 0.3) is 0 Å². The zero-order chi connectivity index (χ0) is 15.6. The number of anilines is 1. The van der Waals surface area contributed by atoms with E-state index in [-0.39, 0.29) is 12.5 Å². The van der Waals surface area contributed by atoms with E-state index in [1.807, 2.05) is 6.92 Å². The zero-order valence-electron chi connectivity index (χ0n) is 11.7. The highest BCUT2D eigenvalue weighted by Gasteiger charge is 2.12. The summed E-state index contributed by atoms with van der Waals surface area (Å²) in [7, 11) is 0. The highest BCUT2D eigenvalue weighted by Crippen LogP contribution is 2.18. The molecule has 1 heterocycles. The number of rotatable bonds is 4. The van der Waals surface area contributed by atoms with Gasteiger partial charge in [0.05, 0.1) is 16.4 Å². The van der Waals surface area contributed by atoms with Crippen LogP contribution in [0, 0.1) is 13.8 Å². The van der Waals surface area contributed by atoms with Crippen LogP contribution in [0.15, 0.2) is 24.3 Å². The Balaban J connectivity index is 2.04. The summed E-state index contributed by atoms with van der Waals surface area (Å²) in [5, 5.41) is 7.59. The third-order valence-electron chi connectivity index (χ3n) is 3.04. The summed E-state index contributed by atoms with van der Waals surface area (Å²) in [6.45, 7) is 3.74. The fraction of sp³-hybridized carbons (Fsp3) is 0.214. The van der Waals surface area contributed by atoms with Crippen molar-refractivity contribution in [3.63, 3.8) is 0 Å². The third kappa shape index (κ3) is 3.59. The Morgan fingerprint density at radius 2 is 2.00 bits per heavy atom. The second-order valence-corrected chi connectivity index (χ2v) is 5.45. The number of hydrogen-bond acceptors (Lipinski definition) is 3. The fourth-order valence-electron chi connectivity index (χ4n) is 1.88. The van der Waals surface area contributed by atoms with Gasteiger partial charge >= 0.3 is 0 Å². The Morgan fingerprint density at radius 1 is 1.38 bits per heavy atom. The smallest absolute Gasteiger partial charge is 0.246 e. The van der Waals surface area contributed by atoms with Crippen LogP contribution in [0.4, 0.5) is 5.69 Å². The van der Waals surface area contributed by atoms with Crippen LogP contribution < -0.4 is 11.1 Å². The number of aromatic nitrogens is 2. The summed E-state index contributed by atoms with van der Waals surface area (Å²) in [5.74, 6) is -0.180. The number of nitrogens with two attached hydrogens (primary N) is 1. The van der Waals surface area contributed by atoms with Gasteiger partial charge in [-0.3, -0.25) is 9.48 Å². The van der Waals surface area contributed by atoms with Crippen LogP contribution in [0.5, 0.6) is 0 Å². The van der Waals surface area contributed by atoms with E-state index in [9.17, 15) is 4.79 Å². The molecule has 0 spiro atoms. The van der Waals surface area contributed by atoms with Crippen LogP contribution in [0.25, 0.3) is 0 Å². The van der Waals surface area contributed by atoms with Crippen molar-refractivity contribution in [2.75, 3.05) is 5.32 Å². The van der Waals surface area contributed by atoms with Crippen LogP contribution in [-0.4, -0.2) is 20.7 Å². The number of nitrogens with zero attached hydrogens (tertiary/aromatic N) is 2. The molecule has 21 heavy (non-hydrogen) atoms. The first-order valence-corrected chi connectivity index (χ1v) is 7.06. The van der Waals surface area contributed by atoms with Crippen molar-refractivity contribution >= 4 is 40.4 Å². The van der Waals surface area contributed by atoms with Crippen molar-refractivity contribution in [1.29, 1.82) is 0 Å². The van der Waals surface area contributed by atoms with Crippen molar-refractivity contribution < 1.29 is 4.79 Å². The zero-order valence-corrected chi connectivity index (χ0v) is 13.3. The Morgan fingerprint density at radius 3 is 2.48 bits per heavy atom. The Labute approximate surface area is 133 Å². The van der Waals surface area contributed by atoms with E-state index < -0.39 is 0 Å². The molecule has 7 heteroatoms. The lowest BCUT2D eigenvalue weighted by Gasteiger charge is -2.07. The summed E-state index contributed by atoms with van der Waals surface area (Å²) < 4.78 is 1.58. The van der Waals surface area contributed by atoms with Gasteiger partial charge in [-0.15, -0.1) is 0 Å². The largest absolute Gasteiger partial charge is 0.389 e. The number of carbonyl (C=O) groups is 1. The van der Waals surface area contributed by atoms with E-state index >= 15 is 0 Å². The molecule has 2 rings (SSSR count). The topological polar surface area (TPSA) is 72.9 Å². The average Bonchev–Trinajstić information content (AvgIpc) is 2.67. The first kappa shape index (κ1) is 15.5. The molecule has 0 fully saturated rings. The van der Waals surface area contributed by atoms with Gasteiger partial charge in [0.15, 0.2) is 0 Å². The third-order valence-corrected chi connectivity index (χ3v) is 3.82. The van der Waals surface area contributed by atoms with Crippen LogP contribution in [0.2, 0.25) is 5.02 Å². The second kappa shape index (κ2) is 6.24. The van der Waals surface area contributed by atoms with Crippen molar-refractivity contribution in [2.45, 2.75) is 20.4 Å². The average molecular weight is 323 g/mol. The molecule has 3 N–H and O–H groups in total. The Hall–Kier alpha value is -1.92. The lowest BCUT2D eigenvalue weighted by molar-refractivity contribution is -0.116. The maximum absolute atomic E-state index is 12.0. The van der Waals surface area contributed by atoms with Gasteiger partial charge in [-0.25, -0.2) is 0 Å². The van der Waals surface area contributed by atoms with Crippen molar-refractivity contribution in [3.05, 3.63) is 46.2 Å². The molecule has 0 atom stereocenters. The number of nitrogens with one attached hydrogen (secondary N) is 1. The molecule has 0 aliphatic carbocycles. The summed E-state index contributed by atoms with van der Waals surface area (Å²) in [5.41, 5.74) is 8.43. The lowest BCUT2D eigenvalue weighted by atomic mass is 10.2. The molecule has 1 aromatic heterocycles. The summed E-state index contributed by atoms with van der Waals surface area (Å²) in [4.78, 5) is 12.3. The van der Waals surface area contributed by atoms with Gasteiger partial charge in [-0.1, -0.05) is 23.8 Å². The van der Waals surface area contributed by atoms with Gasteiger partial charge in [-0.2, -0.15) is 5.10 Å². The number of hydrogen-bond donors (Lipinski definition) is 2. The summed E-state index contributed by atoms with van der Waals surface area (Å²) in [6.07, 6.45) is 0. The number of aryl methyl sites for hydroxylation is 1. The number of halogens is 1. The SMILES string of the molecule is Cc1nn(CC(=O)Nc2ccc(C(N)=S)cc2)c(C)c1Cl. The monoisotopic (exact) mass is 322 g/mol. The standard InChI is InChI=1S/C14H15ClN4OS/c1-8-13(15)9(2)19(18-8)7-12(20)17-11-5-3-10(4-6-11)14(16)21/h3-6H,7H2,1-2H3,(H2,16,21)(H,17,20). The Kier molecular flexibility index (Phi) is 4.59. The van der Waals surface area contributed by atoms with E-state index in [0.717, 1.165) is 11.3 Å². The number of amides is 1. The van der Waals surface area contributed by atoms with Gasteiger partial charge in [-0.05, 0) is 38.1 Å². The number of benzene rings is 1. The van der Waals surface area contributed by atoms with E-state index in [0.29, 0.717) is 21.4 Å². The summed E-state index contributed by atoms with van der Waals surface area (Å²) in [6, 6.07) is 7.03. The van der Waals surface area contributed by atoms with Crippen molar-refractivity contribution in [2.24, 2.45) is 5.73 Å². The van der Waals surface area contributed by atoms with Gasteiger partial charge < -0.3 is 11.1 Å². The van der Waals surface area contributed by atoms with Gasteiger partial charge in [0.1, 0.15) is 11.5 Å². The van der Waals surface area contributed by atoms with Gasteiger partial charge in [0.2, 0.25) is 5.91 Å². The molecular formula is C14H15ClN4OS. The molecule has 0 bridgehead atoms. The lowest BCUT2D eigenvalue weighted by Crippen LogP contribution is -2.20. The molecule has 0 radical (unpaired) electrons. The molecule has 2 aromatic rings. The molecule has 0 saturated heterocycles. The highest BCUT2D eigenvalue weighted by molar-refractivity contribution is 7.80. The van der Waals surface area contributed by atoms with E-state index in [1.165, 1.54) is 0 Å². The molecule has 0 saturated carbocycles. The molecule has 110 valence electrons. The molecular weight excluding hydrogens is 308 g/mol. The minimum atomic E-state index is -0.180. The number of thiocarbonyl (C=S) groups is 1. The minimum Gasteiger partial charge on any atom is -0.389 e. The molecule has 0 unspecified atom stereocenters.